The van der Waals surface area contributed by atoms with Gasteiger partial charge in [0.05, 0.1) is 34.8 Å². The number of fused-ring (bicyclic) bond motifs is 7. The first-order valence-electron chi connectivity index (χ1n) is 20.1. The first-order valence-corrected chi connectivity index (χ1v) is 21.0. The summed E-state index contributed by atoms with van der Waals surface area (Å²) in [6.45, 7) is 9.72. The topological polar surface area (TPSA) is 141 Å². The van der Waals surface area contributed by atoms with Gasteiger partial charge in [0.2, 0.25) is 5.91 Å². The summed E-state index contributed by atoms with van der Waals surface area (Å²) in [6, 6.07) is 12.9. The number of amides is 2. The van der Waals surface area contributed by atoms with Gasteiger partial charge < -0.3 is 19.4 Å². The van der Waals surface area contributed by atoms with E-state index in [1.807, 2.05) is 30.5 Å². The molecule has 60 heavy (non-hydrogen) atoms. The number of hydrazine groups is 1. The Morgan fingerprint density at radius 2 is 1.87 bits per heavy atom. The van der Waals surface area contributed by atoms with Crippen molar-refractivity contribution < 1.29 is 23.9 Å². The number of nitrogens with zero attached hydrogens (tertiary/aromatic N) is 5. The average Bonchev–Trinajstić information content (AvgIpc) is 3.83. The Morgan fingerprint density at radius 1 is 1.08 bits per heavy atom. The number of pyridine rings is 2. The SMILES string of the molecule is CCn1c(-c2cccnc2[C@H](C)OC)c2c3cc(ccc31)-c1csc(n1)C[C@H](NC(=O)C1CCc3ncccc3C1)C(=O)N1CCC[C@H](N1)C(=O)OCC(C)(C)C2.S.S.S. The Morgan fingerprint density at radius 3 is 2.65 bits per heavy atom. The Balaban J connectivity index is 0.00000228. The molecule has 8 rings (SSSR count). The average molecular weight is 892 g/mol. The molecule has 0 saturated carbocycles. The molecule has 2 N–H and O–H groups in total. The van der Waals surface area contributed by atoms with Crippen LogP contribution in [-0.4, -0.2) is 74.7 Å². The number of hydrogen-bond donors (Lipinski definition) is 2. The number of ether oxygens (including phenoxy) is 2. The summed E-state index contributed by atoms with van der Waals surface area (Å²) in [5.41, 5.74) is 11.7. The lowest BCUT2D eigenvalue weighted by atomic mass is 9.84. The van der Waals surface area contributed by atoms with Crippen molar-refractivity contribution in [1.82, 2.24) is 35.3 Å². The van der Waals surface area contributed by atoms with E-state index >= 15 is 0 Å². The summed E-state index contributed by atoms with van der Waals surface area (Å²) >= 11 is 1.48. The summed E-state index contributed by atoms with van der Waals surface area (Å²) in [5, 5.41) is 8.47. The first-order chi connectivity index (χ1) is 27.5. The van der Waals surface area contributed by atoms with Crippen LogP contribution in [-0.2, 0) is 56.1 Å². The number of methoxy groups -OCH3 is 1. The molecule has 1 aliphatic carbocycles. The van der Waals surface area contributed by atoms with Crippen LogP contribution in [0.25, 0.3) is 33.4 Å². The second-order valence-electron chi connectivity index (χ2n) is 16.3. The van der Waals surface area contributed by atoms with Crippen molar-refractivity contribution in [1.29, 1.82) is 0 Å². The van der Waals surface area contributed by atoms with Crippen molar-refractivity contribution in [3.63, 3.8) is 0 Å². The highest BCUT2D eigenvalue weighted by Gasteiger charge is 2.37. The lowest BCUT2D eigenvalue weighted by molar-refractivity contribution is -0.155. The molecule has 0 spiro atoms. The number of benzene rings is 1. The van der Waals surface area contributed by atoms with Crippen LogP contribution < -0.4 is 10.7 Å². The second kappa shape index (κ2) is 19.8. The monoisotopic (exact) mass is 891 g/mol. The van der Waals surface area contributed by atoms with Crippen molar-refractivity contribution in [3.8, 4) is 22.5 Å². The number of carbonyl (C=O) groups excluding carboxylic acids is 3. The van der Waals surface area contributed by atoms with E-state index in [9.17, 15) is 14.4 Å². The van der Waals surface area contributed by atoms with Gasteiger partial charge in [-0.1, -0.05) is 26.0 Å². The molecule has 4 aromatic heterocycles. The normalized spacial score (nSPS) is 20.6. The molecular formula is C44H57N7O5S4. The van der Waals surface area contributed by atoms with Gasteiger partial charge in [-0.3, -0.25) is 29.4 Å². The fourth-order valence-electron chi connectivity index (χ4n) is 8.64. The van der Waals surface area contributed by atoms with Crippen molar-refractivity contribution >= 4 is 80.5 Å². The standard InChI is InChI=1S/C44H51N7O5S.3H2S/c1-6-50-37-16-14-28-21-31(37)32(40(50)30-11-8-18-46-39(30)26(2)55-5)23-44(3,4)25-56-43(54)34-12-9-19-51(49-34)42(53)35(22-38-47-36(28)24-57-38)48-41(52)29-13-15-33-27(20-29)10-7-17-45-33;;;/h7-8,10-11,14,16-18,21,24,26,29,34-35,49H,6,9,12-13,15,19-20,22-23,25H2,1-5H3,(H,48,52);3*1H2/t26-,29?,34-,35-;;;/m0.../s1. The molecule has 2 aliphatic heterocycles. The minimum Gasteiger partial charge on any atom is -0.464 e. The van der Waals surface area contributed by atoms with Gasteiger partial charge in [0, 0.05) is 83.5 Å². The number of aryl methyl sites for hydroxylation is 2. The van der Waals surface area contributed by atoms with Crippen molar-refractivity contribution in [2.75, 3.05) is 20.3 Å². The van der Waals surface area contributed by atoms with E-state index in [1.54, 1.807) is 19.5 Å². The minimum absolute atomic E-state index is 0. The molecule has 3 aliphatic rings. The second-order valence-corrected chi connectivity index (χ2v) is 17.3. The predicted octanol–water partition coefficient (Wildman–Crippen LogP) is 6.74. The van der Waals surface area contributed by atoms with Crippen molar-refractivity contribution in [2.45, 2.75) is 97.4 Å². The molecule has 16 heteroatoms. The molecule has 4 atom stereocenters. The third kappa shape index (κ3) is 9.58. The lowest BCUT2D eigenvalue weighted by Crippen LogP contribution is -2.61. The van der Waals surface area contributed by atoms with E-state index in [1.165, 1.54) is 16.3 Å². The highest BCUT2D eigenvalue weighted by atomic mass is 32.1. The zero-order chi connectivity index (χ0) is 39.8. The van der Waals surface area contributed by atoms with Crippen LogP contribution in [0.5, 0.6) is 0 Å². The van der Waals surface area contributed by atoms with Gasteiger partial charge in [-0.15, -0.1) is 11.3 Å². The van der Waals surface area contributed by atoms with E-state index in [4.69, 9.17) is 19.4 Å². The van der Waals surface area contributed by atoms with E-state index in [-0.39, 0.29) is 77.4 Å². The Bertz CT molecular complexity index is 2330. The van der Waals surface area contributed by atoms with Gasteiger partial charge in [-0.25, -0.2) is 10.4 Å². The van der Waals surface area contributed by atoms with Gasteiger partial charge in [0.1, 0.15) is 12.1 Å². The maximum Gasteiger partial charge on any atom is 0.324 e. The maximum atomic E-state index is 14.3. The zero-order valence-electron chi connectivity index (χ0n) is 34.8. The number of rotatable bonds is 6. The van der Waals surface area contributed by atoms with E-state index in [0.29, 0.717) is 45.1 Å². The van der Waals surface area contributed by atoms with Gasteiger partial charge in [-0.2, -0.15) is 40.5 Å². The van der Waals surface area contributed by atoms with E-state index < -0.39 is 23.5 Å². The molecule has 6 heterocycles. The molecule has 0 radical (unpaired) electrons. The van der Waals surface area contributed by atoms with Crippen LogP contribution >= 0.6 is 51.8 Å². The summed E-state index contributed by atoms with van der Waals surface area (Å²) < 4.78 is 14.2. The lowest BCUT2D eigenvalue weighted by Gasteiger charge is -2.36. The van der Waals surface area contributed by atoms with Crippen molar-refractivity contribution in [2.24, 2.45) is 11.3 Å². The van der Waals surface area contributed by atoms with Crippen LogP contribution in [0.4, 0.5) is 0 Å². The van der Waals surface area contributed by atoms with Gasteiger partial charge in [0.15, 0.2) is 0 Å². The minimum atomic E-state index is -0.884. The first kappa shape index (κ1) is 47.1. The molecule has 12 nitrogen and oxygen atoms in total. The maximum absolute atomic E-state index is 14.3. The molecule has 1 saturated heterocycles. The largest absolute Gasteiger partial charge is 0.464 e. The Hall–Kier alpha value is -3.93. The Kier molecular flexibility index (Phi) is 15.6. The predicted molar refractivity (Wildman–Crippen MR) is 250 cm³/mol. The summed E-state index contributed by atoms with van der Waals surface area (Å²) in [5.74, 6) is -1.14. The van der Waals surface area contributed by atoms with Crippen LogP contribution in [0.2, 0.25) is 0 Å². The summed E-state index contributed by atoms with van der Waals surface area (Å²) in [4.78, 5) is 56.4. The zero-order valence-corrected chi connectivity index (χ0v) is 38.7. The molecule has 1 fully saturated rings. The van der Waals surface area contributed by atoms with Gasteiger partial charge in [0.25, 0.3) is 5.91 Å². The fourth-order valence-corrected chi connectivity index (χ4v) is 9.49. The molecular weight excluding hydrogens is 835 g/mol. The van der Waals surface area contributed by atoms with Crippen LogP contribution in [0.3, 0.4) is 0 Å². The molecule has 1 aromatic carbocycles. The number of hydrogen-bond acceptors (Lipinski definition) is 10. The quantitative estimate of drug-likeness (QED) is 0.178. The van der Waals surface area contributed by atoms with Gasteiger partial charge >= 0.3 is 5.97 Å². The van der Waals surface area contributed by atoms with Crippen LogP contribution in [0.15, 0.2) is 60.2 Å². The number of nitrogens with one attached hydrogen (secondary N) is 2. The van der Waals surface area contributed by atoms with Crippen LogP contribution in [0.1, 0.15) is 80.6 Å². The molecule has 5 aromatic rings. The highest BCUT2D eigenvalue weighted by molar-refractivity contribution is 7.59. The van der Waals surface area contributed by atoms with E-state index in [2.05, 4.69) is 65.3 Å². The van der Waals surface area contributed by atoms with Crippen molar-refractivity contribution in [3.05, 3.63) is 87.8 Å². The number of cyclic esters (lactones) is 1. The molecule has 2 amide bonds. The van der Waals surface area contributed by atoms with Gasteiger partial charge in [-0.05, 0) is 93.8 Å². The number of esters is 1. The smallest absolute Gasteiger partial charge is 0.324 e. The third-order valence-electron chi connectivity index (χ3n) is 11.7. The summed E-state index contributed by atoms with van der Waals surface area (Å²) in [6.07, 6.45) is 7.28. The third-order valence-corrected chi connectivity index (χ3v) is 12.6. The van der Waals surface area contributed by atoms with E-state index in [0.717, 1.165) is 67.5 Å². The molecule has 322 valence electrons. The number of thiazole rings is 1. The Labute approximate surface area is 376 Å². The van der Waals surface area contributed by atoms with Crippen LogP contribution in [0, 0.1) is 11.3 Å². The number of carbonyl (C=O) groups is 3. The molecule has 1 unspecified atom stereocenters. The fraction of sp³-hybridized carbons (Fsp3) is 0.455. The summed E-state index contributed by atoms with van der Waals surface area (Å²) in [7, 11) is 1.70. The molecule has 6 bridgehead atoms. The number of aromatic nitrogens is 4. The highest BCUT2D eigenvalue weighted by Crippen LogP contribution is 2.42.